The molecular formula is C11H14O4. The zero-order valence-electron chi connectivity index (χ0n) is 8.73. The summed E-state index contributed by atoms with van der Waals surface area (Å²) in [4.78, 5) is 0. The van der Waals surface area contributed by atoms with Crippen LogP contribution in [0.2, 0.25) is 0 Å². The van der Waals surface area contributed by atoms with Crippen LogP contribution in [-0.4, -0.2) is 23.1 Å². The monoisotopic (exact) mass is 210 g/mol. The Morgan fingerprint density at radius 1 is 1.20 bits per heavy atom. The van der Waals surface area contributed by atoms with Gasteiger partial charge in [0.15, 0.2) is 11.5 Å². The van der Waals surface area contributed by atoms with Gasteiger partial charge in [-0.05, 0) is 37.1 Å². The van der Waals surface area contributed by atoms with Crippen molar-refractivity contribution in [2.75, 3.05) is 6.79 Å². The fraction of sp³-hybridized carbons (Fsp3) is 0.455. The molecule has 0 bridgehead atoms. The lowest BCUT2D eigenvalue weighted by Gasteiger charge is -2.16. The van der Waals surface area contributed by atoms with Crippen molar-refractivity contribution in [2.45, 2.75) is 26.1 Å². The first-order valence-corrected chi connectivity index (χ1v) is 4.86. The van der Waals surface area contributed by atoms with Gasteiger partial charge in [0.1, 0.15) is 6.10 Å². The van der Waals surface area contributed by atoms with Crippen LogP contribution in [0, 0.1) is 6.92 Å². The number of benzene rings is 1. The number of aliphatic hydroxyl groups excluding tert-OH is 2. The minimum absolute atomic E-state index is 0.211. The van der Waals surface area contributed by atoms with Gasteiger partial charge < -0.3 is 19.7 Å². The quantitative estimate of drug-likeness (QED) is 0.768. The van der Waals surface area contributed by atoms with E-state index >= 15 is 0 Å². The second-order valence-electron chi connectivity index (χ2n) is 3.75. The third-order valence-electron chi connectivity index (χ3n) is 2.54. The molecule has 4 heteroatoms. The van der Waals surface area contributed by atoms with Gasteiger partial charge in [0.2, 0.25) is 6.79 Å². The summed E-state index contributed by atoms with van der Waals surface area (Å²) < 4.78 is 10.4. The average molecular weight is 210 g/mol. The molecule has 2 unspecified atom stereocenters. The summed E-state index contributed by atoms with van der Waals surface area (Å²) in [6, 6.07) is 3.53. The van der Waals surface area contributed by atoms with Crippen molar-refractivity contribution in [2.24, 2.45) is 0 Å². The average Bonchev–Trinajstić information content (AvgIpc) is 2.62. The summed E-state index contributed by atoms with van der Waals surface area (Å²) in [5, 5.41) is 19.1. The van der Waals surface area contributed by atoms with Crippen LogP contribution in [0.15, 0.2) is 12.1 Å². The number of aliphatic hydroxyl groups is 2. The van der Waals surface area contributed by atoms with Crippen molar-refractivity contribution in [3.63, 3.8) is 0 Å². The molecule has 0 radical (unpaired) electrons. The molecule has 0 spiro atoms. The van der Waals surface area contributed by atoms with Crippen molar-refractivity contribution < 1.29 is 19.7 Å². The zero-order chi connectivity index (χ0) is 11.0. The number of rotatable bonds is 2. The molecule has 2 rings (SSSR count). The number of ether oxygens (including phenoxy) is 2. The Morgan fingerprint density at radius 3 is 2.40 bits per heavy atom. The minimum Gasteiger partial charge on any atom is -0.454 e. The highest BCUT2D eigenvalue weighted by Gasteiger charge is 2.21. The molecule has 1 aliphatic rings. The summed E-state index contributed by atoms with van der Waals surface area (Å²) >= 11 is 0. The lowest BCUT2D eigenvalue weighted by Crippen LogP contribution is -2.14. The predicted octanol–water partition coefficient (Wildman–Crippen LogP) is 1.14. The third kappa shape index (κ3) is 1.78. The molecule has 0 saturated carbocycles. The molecule has 0 amide bonds. The van der Waals surface area contributed by atoms with Crippen LogP contribution in [0.25, 0.3) is 0 Å². The molecule has 1 aliphatic heterocycles. The van der Waals surface area contributed by atoms with Gasteiger partial charge >= 0.3 is 0 Å². The molecule has 0 aliphatic carbocycles. The number of hydrogen-bond acceptors (Lipinski definition) is 4. The van der Waals surface area contributed by atoms with E-state index < -0.39 is 12.2 Å². The Bertz CT molecular complexity index is 373. The van der Waals surface area contributed by atoms with E-state index in [1.165, 1.54) is 0 Å². The van der Waals surface area contributed by atoms with E-state index in [1.54, 1.807) is 13.0 Å². The molecule has 15 heavy (non-hydrogen) atoms. The number of aryl methyl sites for hydroxylation is 1. The Labute approximate surface area is 88.1 Å². The van der Waals surface area contributed by atoms with Crippen molar-refractivity contribution in [3.8, 4) is 11.5 Å². The zero-order valence-corrected chi connectivity index (χ0v) is 8.73. The highest BCUT2D eigenvalue weighted by Crippen LogP contribution is 2.37. The fourth-order valence-electron chi connectivity index (χ4n) is 1.64. The predicted molar refractivity (Wildman–Crippen MR) is 53.9 cm³/mol. The van der Waals surface area contributed by atoms with Gasteiger partial charge in [-0.2, -0.15) is 0 Å². The molecule has 0 saturated heterocycles. The highest BCUT2D eigenvalue weighted by atomic mass is 16.7. The summed E-state index contributed by atoms with van der Waals surface area (Å²) in [6.45, 7) is 3.63. The molecule has 0 aromatic heterocycles. The van der Waals surface area contributed by atoms with Gasteiger partial charge in [-0.3, -0.25) is 0 Å². The van der Waals surface area contributed by atoms with Crippen LogP contribution < -0.4 is 9.47 Å². The lowest BCUT2D eigenvalue weighted by molar-refractivity contribution is 0.0300. The summed E-state index contributed by atoms with van der Waals surface area (Å²) in [5.74, 6) is 1.31. The fourth-order valence-corrected chi connectivity index (χ4v) is 1.64. The van der Waals surface area contributed by atoms with Crippen LogP contribution in [0.1, 0.15) is 24.2 Å². The maximum absolute atomic E-state index is 9.76. The molecule has 1 heterocycles. The van der Waals surface area contributed by atoms with Crippen molar-refractivity contribution in [1.29, 1.82) is 0 Å². The maximum atomic E-state index is 9.76. The second-order valence-corrected chi connectivity index (χ2v) is 3.75. The van der Waals surface area contributed by atoms with E-state index in [9.17, 15) is 10.2 Å². The highest BCUT2D eigenvalue weighted by molar-refractivity contribution is 5.49. The molecule has 0 fully saturated rings. The van der Waals surface area contributed by atoms with Crippen molar-refractivity contribution in [3.05, 3.63) is 23.3 Å². The Hall–Kier alpha value is -1.26. The molecular weight excluding hydrogens is 196 g/mol. The van der Waals surface area contributed by atoms with Crippen LogP contribution in [-0.2, 0) is 0 Å². The van der Waals surface area contributed by atoms with Crippen LogP contribution in [0.3, 0.4) is 0 Å². The first-order chi connectivity index (χ1) is 7.09. The SMILES string of the molecule is Cc1cc2c(cc1C(O)C(C)O)OCO2. The van der Waals surface area contributed by atoms with Gasteiger partial charge in [-0.25, -0.2) is 0 Å². The molecule has 1 aromatic rings. The van der Waals surface area contributed by atoms with E-state index in [1.807, 2.05) is 13.0 Å². The smallest absolute Gasteiger partial charge is 0.231 e. The van der Waals surface area contributed by atoms with Crippen LogP contribution in [0.4, 0.5) is 0 Å². The molecule has 4 nitrogen and oxygen atoms in total. The lowest BCUT2D eigenvalue weighted by atomic mass is 9.99. The topological polar surface area (TPSA) is 58.9 Å². The number of hydrogen-bond donors (Lipinski definition) is 2. The molecule has 2 atom stereocenters. The standard InChI is InChI=1S/C11H14O4/c1-6-3-9-10(15-5-14-9)4-8(6)11(13)7(2)12/h3-4,7,11-13H,5H2,1-2H3. The van der Waals surface area contributed by atoms with E-state index in [0.29, 0.717) is 17.1 Å². The van der Waals surface area contributed by atoms with Gasteiger partial charge in [0.25, 0.3) is 0 Å². The Kier molecular flexibility index (Phi) is 2.54. The third-order valence-corrected chi connectivity index (χ3v) is 2.54. The normalized spacial score (nSPS) is 17.6. The van der Waals surface area contributed by atoms with Gasteiger partial charge in [-0.15, -0.1) is 0 Å². The Balaban J connectivity index is 2.40. The van der Waals surface area contributed by atoms with E-state index in [0.717, 1.165) is 5.56 Å². The second kappa shape index (κ2) is 3.72. The molecule has 82 valence electrons. The summed E-state index contributed by atoms with van der Waals surface area (Å²) in [5.41, 5.74) is 1.56. The maximum Gasteiger partial charge on any atom is 0.231 e. The molecule has 2 N–H and O–H groups in total. The summed E-state index contributed by atoms with van der Waals surface area (Å²) in [6.07, 6.45) is -1.69. The van der Waals surface area contributed by atoms with E-state index in [-0.39, 0.29) is 6.79 Å². The first kappa shape index (κ1) is 10.3. The van der Waals surface area contributed by atoms with E-state index in [4.69, 9.17) is 9.47 Å². The van der Waals surface area contributed by atoms with Gasteiger partial charge in [0, 0.05) is 0 Å². The Morgan fingerprint density at radius 2 is 1.80 bits per heavy atom. The van der Waals surface area contributed by atoms with Gasteiger partial charge in [-0.1, -0.05) is 0 Å². The van der Waals surface area contributed by atoms with Crippen LogP contribution in [0.5, 0.6) is 11.5 Å². The first-order valence-electron chi connectivity index (χ1n) is 4.86. The van der Waals surface area contributed by atoms with Crippen LogP contribution >= 0.6 is 0 Å². The molecule has 1 aromatic carbocycles. The van der Waals surface area contributed by atoms with Crippen molar-refractivity contribution >= 4 is 0 Å². The van der Waals surface area contributed by atoms with E-state index in [2.05, 4.69) is 0 Å². The largest absolute Gasteiger partial charge is 0.454 e. The van der Waals surface area contributed by atoms with Gasteiger partial charge in [0.05, 0.1) is 6.10 Å². The minimum atomic E-state index is -0.889. The van der Waals surface area contributed by atoms with Crippen molar-refractivity contribution in [1.82, 2.24) is 0 Å². The number of fused-ring (bicyclic) bond motifs is 1. The summed E-state index contributed by atoms with van der Waals surface area (Å²) in [7, 11) is 0.